The summed E-state index contributed by atoms with van der Waals surface area (Å²) in [5.41, 5.74) is 1.80. The molecule has 0 spiro atoms. The summed E-state index contributed by atoms with van der Waals surface area (Å²) in [6.07, 6.45) is 3.08. The normalized spacial score (nSPS) is 11.8. The minimum Gasteiger partial charge on any atom is -0.253 e. The highest BCUT2D eigenvalue weighted by Gasteiger charge is 2.10. The average Bonchev–Trinajstić information content (AvgIpc) is 2.16. The fraction of sp³-hybridized carbons (Fsp3) is 0.111. The standard InChI is InChI=1S/C9H7ClN2O2S/c10-15(13,14)6-7-2-1-3-8-9(7)12-5-4-11-8/h1-5H,6H2. The molecule has 0 amide bonds. The van der Waals surface area contributed by atoms with Crippen LogP contribution in [0.1, 0.15) is 5.56 Å². The van der Waals surface area contributed by atoms with Gasteiger partial charge in [-0.15, -0.1) is 0 Å². The van der Waals surface area contributed by atoms with E-state index in [0.717, 1.165) is 0 Å². The molecule has 0 unspecified atom stereocenters. The first-order chi connectivity index (χ1) is 7.06. The van der Waals surface area contributed by atoms with E-state index >= 15 is 0 Å². The molecule has 0 aliphatic carbocycles. The summed E-state index contributed by atoms with van der Waals surface area (Å²) in [7, 11) is 1.63. The maximum Gasteiger partial charge on any atom is 0.236 e. The van der Waals surface area contributed by atoms with Gasteiger partial charge in [-0.3, -0.25) is 9.97 Å². The van der Waals surface area contributed by atoms with Crippen LogP contribution in [0.15, 0.2) is 30.6 Å². The number of nitrogens with zero attached hydrogens (tertiary/aromatic N) is 2. The summed E-state index contributed by atoms with van der Waals surface area (Å²) in [6.45, 7) is 0. The minimum absolute atomic E-state index is 0.232. The highest BCUT2D eigenvalue weighted by molar-refractivity contribution is 8.13. The molecule has 1 aromatic heterocycles. The molecule has 2 aromatic rings. The van der Waals surface area contributed by atoms with Crippen molar-refractivity contribution in [2.24, 2.45) is 0 Å². The molecule has 1 aromatic carbocycles. The van der Waals surface area contributed by atoms with E-state index in [1.54, 1.807) is 24.4 Å². The predicted octanol–water partition coefficient (Wildman–Crippen LogP) is 1.70. The number of benzene rings is 1. The van der Waals surface area contributed by atoms with Gasteiger partial charge in [0.05, 0.1) is 16.8 Å². The van der Waals surface area contributed by atoms with Gasteiger partial charge in [0.1, 0.15) is 0 Å². The number of aromatic nitrogens is 2. The number of halogens is 1. The lowest BCUT2D eigenvalue weighted by Gasteiger charge is -2.01. The van der Waals surface area contributed by atoms with E-state index in [-0.39, 0.29) is 5.75 Å². The number of rotatable bonds is 2. The molecule has 0 saturated carbocycles. The molecular formula is C9H7ClN2O2S. The molecule has 0 aliphatic heterocycles. The summed E-state index contributed by atoms with van der Waals surface area (Å²) < 4.78 is 21.9. The molecule has 0 fully saturated rings. The maximum absolute atomic E-state index is 11.0. The molecule has 15 heavy (non-hydrogen) atoms. The Morgan fingerprint density at radius 3 is 2.67 bits per heavy atom. The van der Waals surface area contributed by atoms with Crippen molar-refractivity contribution in [3.63, 3.8) is 0 Å². The largest absolute Gasteiger partial charge is 0.253 e. The van der Waals surface area contributed by atoms with Crippen molar-refractivity contribution < 1.29 is 8.42 Å². The van der Waals surface area contributed by atoms with Gasteiger partial charge in [0, 0.05) is 23.1 Å². The quantitative estimate of drug-likeness (QED) is 0.752. The fourth-order valence-corrected chi connectivity index (χ4v) is 2.31. The first-order valence-electron chi connectivity index (χ1n) is 4.17. The van der Waals surface area contributed by atoms with Gasteiger partial charge in [-0.1, -0.05) is 12.1 Å². The molecule has 78 valence electrons. The molecular weight excluding hydrogens is 236 g/mol. The number of para-hydroxylation sites is 1. The van der Waals surface area contributed by atoms with Crippen molar-refractivity contribution in [2.75, 3.05) is 0 Å². The van der Waals surface area contributed by atoms with Gasteiger partial charge in [0.2, 0.25) is 9.05 Å². The van der Waals surface area contributed by atoms with Crippen molar-refractivity contribution in [3.05, 3.63) is 36.2 Å². The van der Waals surface area contributed by atoms with Crippen molar-refractivity contribution >= 4 is 30.8 Å². The van der Waals surface area contributed by atoms with Crippen LogP contribution in [0.25, 0.3) is 11.0 Å². The zero-order valence-electron chi connectivity index (χ0n) is 7.59. The molecule has 0 atom stereocenters. The molecule has 0 radical (unpaired) electrons. The van der Waals surface area contributed by atoms with Gasteiger partial charge in [-0.05, 0) is 11.6 Å². The lowest BCUT2D eigenvalue weighted by molar-refractivity contribution is 0.609. The van der Waals surface area contributed by atoms with Gasteiger partial charge >= 0.3 is 0 Å². The Kier molecular flexibility index (Phi) is 2.58. The van der Waals surface area contributed by atoms with Crippen LogP contribution in [0.2, 0.25) is 0 Å². The summed E-state index contributed by atoms with van der Waals surface area (Å²) >= 11 is 0. The lowest BCUT2D eigenvalue weighted by Crippen LogP contribution is -1.97. The second-order valence-electron chi connectivity index (χ2n) is 3.02. The molecule has 0 N–H and O–H groups in total. The Balaban J connectivity index is 2.61. The smallest absolute Gasteiger partial charge is 0.236 e. The van der Waals surface area contributed by atoms with E-state index in [2.05, 4.69) is 9.97 Å². The third-order valence-corrected chi connectivity index (χ3v) is 2.89. The van der Waals surface area contributed by atoms with Crippen LogP contribution < -0.4 is 0 Å². The van der Waals surface area contributed by atoms with E-state index in [0.29, 0.717) is 16.6 Å². The zero-order valence-corrected chi connectivity index (χ0v) is 9.16. The lowest BCUT2D eigenvalue weighted by atomic mass is 10.2. The Labute approximate surface area is 91.3 Å². The molecule has 6 heteroatoms. The monoisotopic (exact) mass is 242 g/mol. The Hall–Kier alpha value is -1.20. The predicted molar refractivity (Wildman–Crippen MR) is 58.0 cm³/mol. The summed E-state index contributed by atoms with van der Waals surface area (Å²) in [5.74, 6) is -0.232. The average molecular weight is 243 g/mol. The van der Waals surface area contributed by atoms with Crippen LogP contribution in [-0.2, 0) is 14.8 Å². The first-order valence-corrected chi connectivity index (χ1v) is 6.65. The first kappa shape index (κ1) is 10.3. The van der Waals surface area contributed by atoms with Crippen molar-refractivity contribution in [1.82, 2.24) is 9.97 Å². The minimum atomic E-state index is -3.56. The topological polar surface area (TPSA) is 59.9 Å². The van der Waals surface area contributed by atoms with Gasteiger partial charge in [-0.25, -0.2) is 8.42 Å². The summed E-state index contributed by atoms with van der Waals surface area (Å²) in [4.78, 5) is 8.15. The molecule has 1 heterocycles. The van der Waals surface area contributed by atoms with Crippen LogP contribution in [0.4, 0.5) is 0 Å². The third-order valence-electron chi connectivity index (χ3n) is 1.91. The molecule has 4 nitrogen and oxygen atoms in total. The molecule has 0 saturated heterocycles. The van der Waals surface area contributed by atoms with E-state index in [9.17, 15) is 8.42 Å². The maximum atomic E-state index is 11.0. The number of fused-ring (bicyclic) bond motifs is 1. The van der Waals surface area contributed by atoms with Gasteiger partial charge in [-0.2, -0.15) is 0 Å². The molecule has 2 rings (SSSR count). The van der Waals surface area contributed by atoms with Gasteiger partial charge in [0.25, 0.3) is 0 Å². The third kappa shape index (κ3) is 2.43. The number of hydrogen-bond donors (Lipinski definition) is 0. The van der Waals surface area contributed by atoms with E-state index in [1.807, 2.05) is 0 Å². The summed E-state index contributed by atoms with van der Waals surface area (Å²) in [6, 6.07) is 5.18. The van der Waals surface area contributed by atoms with Crippen LogP contribution in [0.3, 0.4) is 0 Å². The second kappa shape index (κ2) is 3.75. The molecule has 0 bridgehead atoms. The van der Waals surface area contributed by atoms with Crippen LogP contribution in [0, 0.1) is 0 Å². The second-order valence-corrected chi connectivity index (χ2v) is 5.80. The van der Waals surface area contributed by atoms with Crippen LogP contribution in [0.5, 0.6) is 0 Å². The van der Waals surface area contributed by atoms with E-state index in [1.165, 1.54) is 6.20 Å². The molecule has 0 aliphatic rings. The highest BCUT2D eigenvalue weighted by atomic mass is 35.7. The van der Waals surface area contributed by atoms with Crippen LogP contribution in [-0.4, -0.2) is 18.4 Å². The Morgan fingerprint density at radius 2 is 1.93 bits per heavy atom. The van der Waals surface area contributed by atoms with E-state index < -0.39 is 9.05 Å². The van der Waals surface area contributed by atoms with E-state index in [4.69, 9.17) is 10.7 Å². The van der Waals surface area contributed by atoms with Gasteiger partial charge in [0.15, 0.2) is 0 Å². The summed E-state index contributed by atoms with van der Waals surface area (Å²) in [5, 5.41) is 0. The van der Waals surface area contributed by atoms with Gasteiger partial charge < -0.3 is 0 Å². The SMILES string of the molecule is O=S(=O)(Cl)Cc1cccc2nccnc12. The Bertz CT molecular complexity index is 593. The zero-order chi connectivity index (χ0) is 10.9. The highest BCUT2D eigenvalue weighted by Crippen LogP contribution is 2.17. The Morgan fingerprint density at radius 1 is 1.20 bits per heavy atom. The van der Waals surface area contributed by atoms with Crippen molar-refractivity contribution in [1.29, 1.82) is 0 Å². The number of hydrogen-bond acceptors (Lipinski definition) is 4. The fourth-order valence-electron chi connectivity index (χ4n) is 1.35. The van der Waals surface area contributed by atoms with Crippen molar-refractivity contribution in [3.8, 4) is 0 Å². The van der Waals surface area contributed by atoms with Crippen molar-refractivity contribution in [2.45, 2.75) is 5.75 Å². The van der Waals surface area contributed by atoms with Crippen LogP contribution >= 0.6 is 10.7 Å².